The van der Waals surface area contributed by atoms with Crippen LogP contribution >= 0.6 is 0 Å². The third kappa shape index (κ3) is 1.92. The van der Waals surface area contributed by atoms with Crippen LogP contribution in [0.1, 0.15) is 6.42 Å². The van der Waals surface area contributed by atoms with Crippen molar-refractivity contribution in [3.05, 3.63) is 18.5 Å². The molecule has 5 heteroatoms. The molecule has 2 heterocycles. The largest absolute Gasteiger partial charge is 0.359 e. The smallest absolute Gasteiger partial charge is 0.172 e. The predicted octanol–water partition coefficient (Wildman–Crippen LogP) is 1.01. The number of fused-ring (bicyclic) bond motifs is 1. The van der Waals surface area contributed by atoms with Gasteiger partial charge < -0.3 is 15.2 Å². The second kappa shape index (κ2) is 4.27. The molecule has 0 aliphatic rings. The quantitative estimate of drug-likeness (QED) is 0.808. The van der Waals surface area contributed by atoms with Crippen LogP contribution in [-0.4, -0.2) is 30.3 Å². The van der Waals surface area contributed by atoms with E-state index in [-0.39, 0.29) is 0 Å². The molecule has 0 fully saturated rings. The number of nitrogens with two attached hydrogens (primary N) is 1. The summed E-state index contributed by atoms with van der Waals surface area (Å²) in [5.74, 6) is 0.891. The van der Waals surface area contributed by atoms with Gasteiger partial charge in [-0.1, -0.05) is 5.16 Å². The zero-order chi connectivity index (χ0) is 10.7. The molecule has 0 aliphatic carbocycles. The number of rotatable bonds is 4. The maximum Gasteiger partial charge on any atom is 0.172 e. The van der Waals surface area contributed by atoms with Crippen LogP contribution in [0.3, 0.4) is 0 Å². The van der Waals surface area contributed by atoms with Crippen molar-refractivity contribution in [1.82, 2.24) is 10.1 Å². The highest BCUT2D eigenvalue weighted by Gasteiger charge is 2.09. The Kier molecular flexibility index (Phi) is 2.82. The van der Waals surface area contributed by atoms with E-state index in [1.165, 1.54) is 0 Å². The highest BCUT2D eigenvalue weighted by molar-refractivity contribution is 5.87. The van der Waals surface area contributed by atoms with Crippen LogP contribution in [-0.2, 0) is 0 Å². The molecule has 0 atom stereocenters. The van der Waals surface area contributed by atoms with Crippen molar-refractivity contribution in [2.24, 2.45) is 5.73 Å². The Morgan fingerprint density at radius 3 is 3.20 bits per heavy atom. The Labute approximate surface area is 87.9 Å². The van der Waals surface area contributed by atoms with Crippen molar-refractivity contribution in [3.8, 4) is 0 Å². The summed E-state index contributed by atoms with van der Waals surface area (Å²) in [6.45, 7) is 1.57. The zero-order valence-corrected chi connectivity index (χ0v) is 8.68. The van der Waals surface area contributed by atoms with Gasteiger partial charge in [0.1, 0.15) is 5.82 Å². The monoisotopic (exact) mass is 206 g/mol. The number of nitrogens with zero attached hydrogens (tertiary/aromatic N) is 3. The number of hydrogen-bond acceptors (Lipinski definition) is 5. The molecule has 0 aromatic carbocycles. The second-order valence-electron chi connectivity index (χ2n) is 3.44. The van der Waals surface area contributed by atoms with E-state index in [1.807, 2.05) is 13.1 Å². The van der Waals surface area contributed by atoms with Gasteiger partial charge in [0, 0.05) is 25.9 Å². The lowest BCUT2D eigenvalue weighted by atomic mass is 10.3. The van der Waals surface area contributed by atoms with Crippen molar-refractivity contribution >= 4 is 16.8 Å². The fraction of sp³-hybridized carbons (Fsp3) is 0.400. The summed E-state index contributed by atoms with van der Waals surface area (Å²) >= 11 is 0. The summed E-state index contributed by atoms with van der Waals surface area (Å²) < 4.78 is 5.07. The minimum Gasteiger partial charge on any atom is -0.359 e. The van der Waals surface area contributed by atoms with Gasteiger partial charge in [0.15, 0.2) is 5.58 Å². The summed E-state index contributed by atoms with van der Waals surface area (Å²) in [5, 5.41) is 4.70. The minimum absolute atomic E-state index is 0.684. The first kappa shape index (κ1) is 9.92. The van der Waals surface area contributed by atoms with Crippen LogP contribution < -0.4 is 10.6 Å². The average molecular weight is 206 g/mol. The lowest BCUT2D eigenvalue weighted by molar-refractivity contribution is 0.456. The third-order valence-corrected chi connectivity index (χ3v) is 2.32. The molecule has 0 amide bonds. The summed E-state index contributed by atoms with van der Waals surface area (Å²) in [7, 11) is 1.99. The molecule has 0 saturated carbocycles. The molecule has 80 valence electrons. The zero-order valence-electron chi connectivity index (χ0n) is 8.68. The number of hydrogen-bond donors (Lipinski definition) is 1. The highest BCUT2D eigenvalue weighted by Crippen LogP contribution is 2.22. The summed E-state index contributed by atoms with van der Waals surface area (Å²) in [6.07, 6.45) is 4.36. The number of pyridine rings is 1. The topological polar surface area (TPSA) is 68.2 Å². The Hall–Kier alpha value is -1.62. The summed E-state index contributed by atoms with van der Waals surface area (Å²) in [6, 6.07) is 1.81. The van der Waals surface area contributed by atoms with E-state index >= 15 is 0 Å². The van der Waals surface area contributed by atoms with Gasteiger partial charge in [-0.25, -0.2) is 4.98 Å². The van der Waals surface area contributed by atoms with E-state index in [2.05, 4.69) is 15.0 Å². The number of anilines is 1. The first-order valence-corrected chi connectivity index (χ1v) is 4.93. The molecule has 2 aromatic heterocycles. The van der Waals surface area contributed by atoms with Crippen LogP contribution in [0, 0.1) is 0 Å². The van der Waals surface area contributed by atoms with Gasteiger partial charge in [0.25, 0.3) is 0 Å². The van der Waals surface area contributed by atoms with E-state index in [1.54, 1.807) is 12.4 Å². The van der Waals surface area contributed by atoms with Crippen LogP contribution in [0.2, 0.25) is 0 Å². The van der Waals surface area contributed by atoms with Crippen molar-refractivity contribution in [1.29, 1.82) is 0 Å². The maximum absolute atomic E-state index is 5.47. The van der Waals surface area contributed by atoms with Gasteiger partial charge >= 0.3 is 0 Å². The molecule has 0 saturated heterocycles. The first-order valence-electron chi connectivity index (χ1n) is 4.93. The van der Waals surface area contributed by atoms with Crippen LogP contribution in [0.4, 0.5) is 5.82 Å². The fourth-order valence-electron chi connectivity index (χ4n) is 1.52. The van der Waals surface area contributed by atoms with Crippen molar-refractivity contribution in [2.45, 2.75) is 6.42 Å². The maximum atomic E-state index is 5.47. The van der Waals surface area contributed by atoms with Crippen LogP contribution in [0.15, 0.2) is 23.0 Å². The highest BCUT2D eigenvalue weighted by atomic mass is 16.5. The molecule has 0 spiro atoms. The molecular weight excluding hydrogens is 192 g/mol. The van der Waals surface area contributed by atoms with E-state index in [0.29, 0.717) is 6.54 Å². The van der Waals surface area contributed by atoms with Gasteiger partial charge in [0.05, 0.1) is 11.6 Å². The Balaban J connectivity index is 2.29. The predicted molar refractivity (Wildman–Crippen MR) is 58.7 cm³/mol. The lowest BCUT2D eigenvalue weighted by Crippen LogP contribution is -2.22. The van der Waals surface area contributed by atoms with E-state index in [4.69, 9.17) is 10.3 Å². The summed E-state index contributed by atoms with van der Waals surface area (Å²) in [5.41, 5.74) is 6.23. The molecule has 5 nitrogen and oxygen atoms in total. The second-order valence-corrected chi connectivity index (χ2v) is 3.44. The minimum atomic E-state index is 0.684. The van der Waals surface area contributed by atoms with E-state index < -0.39 is 0 Å². The Morgan fingerprint density at radius 1 is 1.53 bits per heavy atom. The number of aromatic nitrogens is 2. The first-order chi connectivity index (χ1) is 7.33. The third-order valence-electron chi connectivity index (χ3n) is 2.32. The average Bonchev–Trinajstić information content (AvgIpc) is 2.73. The standard InChI is InChI=1S/C10H14N4O/c1-14(6-2-4-11)10-8-7-13-15-9(8)3-5-12-10/h3,5,7H,2,4,6,11H2,1H3. The normalized spacial score (nSPS) is 10.8. The lowest BCUT2D eigenvalue weighted by Gasteiger charge is -2.17. The van der Waals surface area contributed by atoms with E-state index in [9.17, 15) is 0 Å². The van der Waals surface area contributed by atoms with Crippen molar-refractivity contribution < 1.29 is 4.52 Å². The molecule has 15 heavy (non-hydrogen) atoms. The Bertz CT molecular complexity index is 440. The van der Waals surface area contributed by atoms with Gasteiger partial charge in [-0.3, -0.25) is 0 Å². The molecule has 2 aromatic rings. The Morgan fingerprint density at radius 2 is 2.40 bits per heavy atom. The van der Waals surface area contributed by atoms with Crippen LogP contribution in [0.5, 0.6) is 0 Å². The summed E-state index contributed by atoms with van der Waals surface area (Å²) in [4.78, 5) is 6.38. The SMILES string of the molecule is CN(CCCN)c1nccc2oncc12. The van der Waals surface area contributed by atoms with Gasteiger partial charge in [-0.05, 0) is 13.0 Å². The molecule has 0 bridgehead atoms. The fourth-order valence-corrected chi connectivity index (χ4v) is 1.52. The van der Waals surface area contributed by atoms with E-state index in [0.717, 1.165) is 29.8 Å². The van der Waals surface area contributed by atoms with Crippen molar-refractivity contribution in [2.75, 3.05) is 25.0 Å². The van der Waals surface area contributed by atoms with Gasteiger partial charge in [-0.15, -0.1) is 0 Å². The van der Waals surface area contributed by atoms with Gasteiger partial charge in [0.2, 0.25) is 0 Å². The molecule has 0 radical (unpaired) electrons. The molecular formula is C10H14N4O. The molecule has 0 aliphatic heterocycles. The van der Waals surface area contributed by atoms with Crippen molar-refractivity contribution in [3.63, 3.8) is 0 Å². The molecule has 0 unspecified atom stereocenters. The van der Waals surface area contributed by atoms with Gasteiger partial charge in [-0.2, -0.15) is 0 Å². The molecule has 2 N–H and O–H groups in total. The van der Waals surface area contributed by atoms with Crippen LogP contribution in [0.25, 0.3) is 11.0 Å². The molecule has 2 rings (SSSR count).